The van der Waals surface area contributed by atoms with Crippen LogP contribution < -0.4 is 5.32 Å². The van der Waals surface area contributed by atoms with Gasteiger partial charge in [-0.25, -0.2) is 0 Å². The molecule has 2 aromatic rings. The molecule has 0 atom stereocenters. The van der Waals surface area contributed by atoms with E-state index in [0.29, 0.717) is 24.1 Å². The number of amides is 1. The number of aliphatic hydroxyl groups excluding tert-OH is 1. The second kappa shape index (κ2) is 7.27. The number of hydrogen-bond donors (Lipinski definition) is 2. The van der Waals surface area contributed by atoms with Gasteiger partial charge in [0.1, 0.15) is 6.61 Å². The molecule has 0 aliphatic heterocycles. The molecule has 1 heterocycles. The minimum absolute atomic E-state index is 0.172. The molecule has 0 saturated heterocycles. The van der Waals surface area contributed by atoms with Gasteiger partial charge in [0, 0.05) is 31.8 Å². The Morgan fingerprint density at radius 2 is 2.19 bits per heavy atom. The molecule has 108 valence electrons. The summed E-state index contributed by atoms with van der Waals surface area (Å²) in [4.78, 5) is 12.2. The second-order valence-corrected chi connectivity index (χ2v) is 4.49. The highest BCUT2D eigenvalue weighted by Gasteiger charge is 2.09. The van der Waals surface area contributed by atoms with Gasteiger partial charge in [0.2, 0.25) is 0 Å². The molecule has 1 aromatic carbocycles. The smallest absolute Gasteiger partial charge is 0.252 e. The highest BCUT2D eigenvalue weighted by Crippen LogP contribution is 2.07. The van der Waals surface area contributed by atoms with E-state index < -0.39 is 0 Å². The fourth-order valence-corrected chi connectivity index (χ4v) is 1.92. The number of aryl methyl sites for hydroxylation is 1. The summed E-state index contributed by atoms with van der Waals surface area (Å²) in [6.45, 7) is 0.285. The number of hydrogen-bond acceptors (Lipinski definition) is 3. The zero-order chi connectivity index (χ0) is 15.1. The van der Waals surface area contributed by atoms with Gasteiger partial charge in [0.15, 0.2) is 0 Å². The van der Waals surface area contributed by atoms with Crippen molar-refractivity contribution in [2.75, 3.05) is 13.2 Å². The molecule has 1 amide bonds. The summed E-state index contributed by atoms with van der Waals surface area (Å²) < 4.78 is 1.73. The first-order valence-electron chi connectivity index (χ1n) is 6.66. The van der Waals surface area contributed by atoms with Gasteiger partial charge in [-0.1, -0.05) is 24.0 Å². The van der Waals surface area contributed by atoms with Crippen LogP contribution in [0.2, 0.25) is 0 Å². The van der Waals surface area contributed by atoms with E-state index in [-0.39, 0.29) is 12.5 Å². The number of nitrogens with zero attached hydrogens (tertiary/aromatic N) is 2. The summed E-state index contributed by atoms with van der Waals surface area (Å²) in [5, 5.41) is 15.9. The molecule has 2 rings (SSSR count). The molecule has 2 N–H and O–H groups in total. The van der Waals surface area contributed by atoms with Crippen LogP contribution >= 0.6 is 0 Å². The highest BCUT2D eigenvalue weighted by atomic mass is 16.2. The fraction of sp³-hybridized carbons (Fsp3) is 0.250. The topological polar surface area (TPSA) is 67.2 Å². The maximum atomic E-state index is 12.2. The normalized spacial score (nSPS) is 9.81. The molecule has 5 nitrogen and oxygen atoms in total. The van der Waals surface area contributed by atoms with Crippen LogP contribution in [0.25, 0.3) is 0 Å². The minimum atomic E-state index is -0.227. The number of rotatable bonds is 4. The van der Waals surface area contributed by atoms with Crippen molar-refractivity contribution < 1.29 is 9.90 Å². The van der Waals surface area contributed by atoms with Crippen molar-refractivity contribution >= 4 is 5.91 Å². The third-order valence-corrected chi connectivity index (χ3v) is 2.91. The van der Waals surface area contributed by atoms with E-state index in [4.69, 9.17) is 5.11 Å². The van der Waals surface area contributed by atoms with Gasteiger partial charge in [-0.3, -0.25) is 9.48 Å². The summed E-state index contributed by atoms with van der Waals surface area (Å²) in [5.74, 6) is 5.16. The Morgan fingerprint density at radius 3 is 2.90 bits per heavy atom. The van der Waals surface area contributed by atoms with Crippen molar-refractivity contribution in [2.45, 2.75) is 6.42 Å². The first-order chi connectivity index (χ1) is 10.2. The first kappa shape index (κ1) is 14.8. The van der Waals surface area contributed by atoms with E-state index in [1.54, 1.807) is 22.9 Å². The van der Waals surface area contributed by atoms with Gasteiger partial charge in [0.25, 0.3) is 5.91 Å². The largest absolute Gasteiger partial charge is 0.384 e. The number of carbonyl (C=O) groups is 1. The summed E-state index contributed by atoms with van der Waals surface area (Å²) in [5.41, 5.74) is 2.06. The van der Waals surface area contributed by atoms with E-state index in [0.717, 1.165) is 5.69 Å². The molecule has 21 heavy (non-hydrogen) atoms. The van der Waals surface area contributed by atoms with Crippen LogP contribution in [0, 0.1) is 11.8 Å². The lowest BCUT2D eigenvalue weighted by Gasteiger charge is -2.06. The van der Waals surface area contributed by atoms with Crippen LogP contribution in [0.1, 0.15) is 21.6 Å². The van der Waals surface area contributed by atoms with Crippen LogP contribution in [0.4, 0.5) is 0 Å². The Hall–Kier alpha value is -2.58. The third kappa shape index (κ3) is 4.20. The predicted molar refractivity (Wildman–Crippen MR) is 79.7 cm³/mol. The van der Waals surface area contributed by atoms with Crippen LogP contribution in [0.5, 0.6) is 0 Å². The maximum absolute atomic E-state index is 12.2. The highest BCUT2D eigenvalue weighted by molar-refractivity contribution is 5.96. The molecule has 1 aromatic heterocycles. The Labute approximate surface area is 123 Å². The van der Waals surface area contributed by atoms with Gasteiger partial charge in [0.05, 0.1) is 11.3 Å². The van der Waals surface area contributed by atoms with Crippen molar-refractivity contribution in [3.63, 3.8) is 0 Å². The van der Waals surface area contributed by atoms with Crippen molar-refractivity contribution in [1.29, 1.82) is 0 Å². The molecule has 0 unspecified atom stereocenters. The van der Waals surface area contributed by atoms with Gasteiger partial charge >= 0.3 is 0 Å². The maximum Gasteiger partial charge on any atom is 0.252 e. The Balaban J connectivity index is 1.97. The molecule has 0 fully saturated rings. The average molecular weight is 283 g/mol. The molecule has 0 bridgehead atoms. The molecule has 0 radical (unpaired) electrons. The summed E-state index contributed by atoms with van der Waals surface area (Å²) in [7, 11) is 1.86. The monoisotopic (exact) mass is 283 g/mol. The van der Waals surface area contributed by atoms with E-state index in [9.17, 15) is 4.79 Å². The SMILES string of the molecule is Cn1ccc(CCNC(=O)c2ccccc2C#CCO)n1. The lowest BCUT2D eigenvalue weighted by Crippen LogP contribution is -2.26. The molecule has 0 saturated carbocycles. The lowest BCUT2D eigenvalue weighted by molar-refractivity contribution is 0.0954. The molecule has 0 spiro atoms. The predicted octanol–water partition coefficient (Wildman–Crippen LogP) is 0.736. The van der Waals surface area contributed by atoms with Crippen molar-refractivity contribution in [3.05, 3.63) is 53.3 Å². The molecule has 0 aliphatic rings. The standard InChI is InChI=1S/C16H17N3O2/c1-19-11-9-14(18-19)8-10-17-16(21)15-7-3-2-5-13(15)6-4-12-20/h2-3,5,7,9,11,20H,8,10,12H2,1H3,(H,17,21). The zero-order valence-electron chi connectivity index (χ0n) is 11.8. The molecular formula is C16H17N3O2. The minimum Gasteiger partial charge on any atom is -0.384 e. The molecular weight excluding hydrogens is 266 g/mol. The zero-order valence-corrected chi connectivity index (χ0v) is 11.8. The van der Waals surface area contributed by atoms with Crippen molar-refractivity contribution in [2.24, 2.45) is 7.05 Å². The van der Waals surface area contributed by atoms with E-state index in [2.05, 4.69) is 22.3 Å². The second-order valence-electron chi connectivity index (χ2n) is 4.49. The van der Waals surface area contributed by atoms with Gasteiger partial charge < -0.3 is 10.4 Å². The van der Waals surface area contributed by atoms with Crippen LogP contribution in [-0.2, 0) is 13.5 Å². The van der Waals surface area contributed by atoms with Gasteiger partial charge in [-0.05, 0) is 18.2 Å². The fourth-order valence-electron chi connectivity index (χ4n) is 1.92. The van der Waals surface area contributed by atoms with E-state index >= 15 is 0 Å². The summed E-state index contributed by atoms with van der Waals surface area (Å²) >= 11 is 0. The van der Waals surface area contributed by atoms with Gasteiger partial charge in [-0.2, -0.15) is 5.10 Å². The Bertz CT molecular complexity index is 680. The Kier molecular flexibility index (Phi) is 5.13. The average Bonchev–Trinajstić information content (AvgIpc) is 2.91. The van der Waals surface area contributed by atoms with Crippen LogP contribution in [0.3, 0.4) is 0 Å². The Morgan fingerprint density at radius 1 is 1.38 bits per heavy atom. The summed E-state index contributed by atoms with van der Waals surface area (Å²) in [6.07, 6.45) is 2.55. The first-order valence-corrected chi connectivity index (χ1v) is 6.66. The van der Waals surface area contributed by atoms with Gasteiger partial charge in [-0.15, -0.1) is 0 Å². The quantitative estimate of drug-likeness (QED) is 0.813. The number of benzene rings is 1. The van der Waals surface area contributed by atoms with E-state index in [1.165, 1.54) is 0 Å². The number of aliphatic hydroxyl groups is 1. The van der Waals surface area contributed by atoms with E-state index in [1.807, 2.05) is 25.4 Å². The third-order valence-electron chi connectivity index (χ3n) is 2.91. The number of nitrogens with one attached hydrogen (secondary N) is 1. The lowest BCUT2D eigenvalue weighted by atomic mass is 10.1. The molecule has 5 heteroatoms. The number of carbonyl (C=O) groups excluding carboxylic acids is 1. The number of aromatic nitrogens is 2. The van der Waals surface area contributed by atoms with Crippen molar-refractivity contribution in [1.82, 2.24) is 15.1 Å². The van der Waals surface area contributed by atoms with Crippen LogP contribution in [-0.4, -0.2) is 33.9 Å². The summed E-state index contributed by atoms with van der Waals surface area (Å²) in [6, 6.07) is 9.00. The molecule has 0 aliphatic carbocycles. The van der Waals surface area contributed by atoms with Crippen molar-refractivity contribution in [3.8, 4) is 11.8 Å². The van der Waals surface area contributed by atoms with Crippen LogP contribution in [0.15, 0.2) is 36.5 Å².